The number of rotatable bonds is 5. The zero-order valence-electron chi connectivity index (χ0n) is 10.9. The lowest BCUT2D eigenvalue weighted by Crippen LogP contribution is -2.30. The Labute approximate surface area is 112 Å². The van der Waals surface area contributed by atoms with Gasteiger partial charge in [0.05, 0.1) is 11.9 Å². The van der Waals surface area contributed by atoms with Crippen LogP contribution in [0.25, 0.3) is 0 Å². The molecule has 0 bridgehead atoms. The minimum absolute atomic E-state index is 0.225. The van der Waals surface area contributed by atoms with Gasteiger partial charge in [-0.25, -0.2) is 8.42 Å². The third kappa shape index (κ3) is 2.82. The minimum Gasteiger partial charge on any atom is -0.281 e. The highest BCUT2D eigenvalue weighted by Crippen LogP contribution is 2.19. The van der Waals surface area contributed by atoms with Gasteiger partial charge in [0, 0.05) is 25.5 Å². The number of hydrogen-bond donors (Lipinski definition) is 1. The zero-order valence-corrected chi connectivity index (χ0v) is 11.7. The topological polar surface area (TPSA) is 79.0 Å². The van der Waals surface area contributed by atoms with Gasteiger partial charge >= 0.3 is 0 Å². The number of aromatic amines is 1. The predicted octanol–water partition coefficient (Wildman–Crippen LogP) is 1.32. The number of nitrogens with one attached hydrogen (secondary N) is 1. The Balaban J connectivity index is 2.30. The molecule has 6 nitrogen and oxygen atoms in total. The van der Waals surface area contributed by atoms with Gasteiger partial charge in [0.25, 0.3) is 0 Å². The van der Waals surface area contributed by atoms with E-state index in [0.29, 0.717) is 18.8 Å². The van der Waals surface area contributed by atoms with Crippen molar-refractivity contribution in [2.24, 2.45) is 0 Å². The van der Waals surface area contributed by atoms with Gasteiger partial charge in [-0.15, -0.1) is 0 Å². The van der Waals surface area contributed by atoms with Gasteiger partial charge in [-0.05, 0) is 24.6 Å². The van der Waals surface area contributed by atoms with Crippen LogP contribution >= 0.6 is 0 Å². The summed E-state index contributed by atoms with van der Waals surface area (Å²) >= 11 is 0. The van der Waals surface area contributed by atoms with Crippen molar-refractivity contribution in [1.29, 1.82) is 0 Å². The summed E-state index contributed by atoms with van der Waals surface area (Å²) in [7, 11) is -3.52. The van der Waals surface area contributed by atoms with Gasteiger partial charge < -0.3 is 0 Å². The van der Waals surface area contributed by atoms with Gasteiger partial charge in [-0.3, -0.25) is 10.1 Å². The lowest BCUT2D eigenvalue weighted by Gasteiger charge is -2.20. The van der Waals surface area contributed by atoms with E-state index in [0.717, 1.165) is 5.56 Å². The third-order valence-electron chi connectivity index (χ3n) is 2.86. The molecule has 2 rings (SSSR count). The lowest BCUT2D eigenvalue weighted by molar-refractivity contribution is 0.423. The molecule has 0 fully saturated rings. The summed E-state index contributed by atoms with van der Waals surface area (Å²) in [6, 6.07) is 3.61. The standard InChI is InChI=1S/C12H16N4O2S/c1-3-16(9-11-4-6-13-7-5-11)19(17,18)12-8-14-15-10(12)2/h4-8H,3,9H2,1-2H3,(H,14,15). The quantitative estimate of drug-likeness (QED) is 0.896. The van der Waals surface area contributed by atoms with Gasteiger partial charge in [0.15, 0.2) is 0 Å². The highest BCUT2D eigenvalue weighted by atomic mass is 32.2. The van der Waals surface area contributed by atoms with Gasteiger partial charge in [-0.1, -0.05) is 6.92 Å². The maximum atomic E-state index is 12.5. The first-order valence-electron chi connectivity index (χ1n) is 5.94. The van der Waals surface area contributed by atoms with E-state index >= 15 is 0 Å². The van der Waals surface area contributed by atoms with Crippen LogP contribution in [0.15, 0.2) is 35.6 Å². The summed E-state index contributed by atoms with van der Waals surface area (Å²) in [6.07, 6.45) is 4.65. The van der Waals surface area contributed by atoms with Crippen molar-refractivity contribution < 1.29 is 8.42 Å². The SMILES string of the molecule is CCN(Cc1ccncc1)S(=O)(=O)c1cn[nH]c1C. The number of hydrogen-bond acceptors (Lipinski definition) is 4. The predicted molar refractivity (Wildman–Crippen MR) is 70.8 cm³/mol. The number of aromatic nitrogens is 3. The molecule has 0 saturated carbocycles. The Hall–Kier alpha value is -1.73. The Kier molecular flexibility index (Phi) is 3.96. The summed E-state index contributed by atoms with van der Waals surface area (Å²) in [6.45, 7) is 4.23. The molecule has 0 spiro atoms. The second-order valence-electron chi connectivity index (χ2n) is 4.15. The van der Waals surface area contributed by atoms with E-state index in [1.54, 1.807) is 31.5 Å². The van der Waals surface area contributed by atoms with E-state index in [1.165, 1.54) is 10.5 Å². The van der Waals surface area contributed by atoms with E-state index in [2.05, 4.69) is 15.2 Å². The van der Waals surface area contributed by atoms with Crippen molar-refractivity contribution in [3.05, 3.63) is 42.0 Å². The van der Waals surface area contributed by atoms with Crippen LogP contribution in [0.2, 0.25) is 0 Å². The summed E-state index contributed by atoms with van der Waals surface area (Å²) in [5, 5.41) is 6.42. The summed E-state index contributed by atoms with van der Waals surface area (Å²) in [4.78, 5) is 4.15. The van der Waals surface area contributed by atoms with Crippen LogP contribution in [0.1, 0.15) is 18.2 Å². The zero-order chi connectivity index (χ0) is 13.9. The van der Waals surface area contributed by atoms with E-state index < -0.39 is 10.0 Å². The summed E-state index contributed by atoms with van der Waals surface area (Å²) in [5.41, 5.74) is 1.45. The van der Waals surface area contributed by atoms with E-state index in [1.807, 2.05) is 6.92 Å². The molecule has 0 saturated heterocycles. The van der Waals surface area contributed by atoms with Crippen molar-refractivity contribution in [2.45, 2.75) is 25.3 Å². The molecule has 1 N–H and O–H groups in total. The first-order valence-corrected chi connectivity index (χ1v) is 7.38. The fourth-order valence-corrected chi connectivity index (χ4v) is 3.35. The number of H-pyrrole nitrogens is 1. The van der Waals surface area contributed by atoms with Crippen molar-refractivity contribution in [3.63, 3.8) is 0 Å². The maximum absolute atomic E-state index is 12.5. The van der Waals surface area contributed by atoms with E-state index in [-0.39, 0.29) is 4.90 Å². The fraction of sp³-hybridized carbons (Fsp3) is 0.333. The molecule has 0 aliphatic heterocycles. The van der Waals surface area contributed by atoms with Gasteiger partial charge in [-0.2, -0.15) is 9.40 Å². The minimum atomic E-state index is -3.52. The lowest BCUT2D eigenvalue weighted by atomic mass is 10.3. The summed E-state index contributed by atoms with van der Waals surface area (Å²) < 4.78 is 26.4. The Morgan fingerprint density at radius 1 is 1.32 bits per heavy atom. The van der Waals surface area contributed by atoms with Crippen molar-refractivity contribution in [1.82, 2.24) is 19.5 Å². The van der Waals surface area contributed by atoms with Crippen LogP contribution in [0.5, 0.6) is 0 Å². The molecule has 0 atom stereocenters. The first kappa shape index (κ1) is 13.7. The highest BCUT2D eigenvalue weighted by molar-refractivity contribution is 7.89. The Bertz CT molecular complexity index is 637. The third-order valence-corrected chi connectivity index (χ3v) is 4.90. The van der Waals surface area contributed by atoms with E-state index in [9.17, 15) is 8.42 Å². The molecule has 0 aliphatic rings. The molecule has 0 amide bonds. The molecule has 0 radical (unpaired) electrons. The number of aryl methyl sites for hydroxylation is 1. The molecule has 7 heteroatoms. The highest BCUT2D eigenvalue weighted by Gasteiger charge is 2.26. The average molecular weight is 280 g/mol. The second kappa shape index (κ2) is 5.50. The van der Waals surface area contributed by atoms with Crippen molar-refractivity contribution >= 4 is 10.0 Å². The van der Waals surface area contributed by atoms with Gasteiger partial charge in [0.1, 0.15) is 4.90 Å². The van der Waals surface area contributed by atoms with Gasteiger partial charge in [0.2, 0.25) is 10.0 Å². The molecule has 0 aromatic carbocycles. The largest absolute Gasteiger partial charge is 0.281 e. The smallest absolute Gasteiger partial charge is 0.246 e. The van der Waals surface area contributed by atoms with Crippen LogP contribution in [-0.4, -0.2) is 34.4 Å². The van der Waals surface area contributed by atoms with Crippen molar-refractivity contribution in [3.8, 4) is 0 Å². The molecule has 0 unspecified atom stereocenters. The second-order valence-corrected chi connectivity index (χ2v) is 6.05. The number of nitrogens with zero attached hydrogens (tertiary/aromatic N) is 3. The fourth-order valence-electron chi connectivity index (χ4n) is 1.80. The first-order chi connectivity index (χ1) is 9.05. The molecular weight excluding hydrogens is 264 g/mol. The molecular formula is C12H16N4O2S. The molecule has 2 aromatic rings. The molecule has 2 aromatic heterocycles. The van der Waals surface area contributed by atoms with Crippen LogP contribution in [0.3, 0.4) is 0 Å². The Morgan fingerprint density at radius 3 is 2.53 bits per heavy atom. The average Bonchev–Trinajstić information content (AvgIpc) is 2.84. The maximum Gasteiger partial charge on any atom is 0.246 e. The van der Waals surface area contributed by atoms with E-state index in [4.69, 9.17) is 0 Å². The summed E-state index contributed by atoms with van der Waals surface area (Å²) in [5.74, 6) is 0. The number of pyridine rings is 1. The van der Waals surface area contributed by atoms with Crippen LogP contribution in [-0.2, 0) is 16.6 Å². The van der Waals surface area contributed by atoms with Crippen LogP contribution in [0.4, 0.5) is 0 Å². The number of sulfonamides is 1. The normalized spacial score (nSPS) is 11.9. The van der Waals surface area contributed by atoms with Crippen molar-refractivity contribution in [2.75, 3.05) is 6.54 Å². The van der Waals surface area contributed by atoms with Crippen LogP contribution < -0.4 is 0 Å². The monoisotopic (exact) mass is 280 g/mol. The molecule has 102 valence electrons. The van der Waals surface area contributed by atoms with Crippen LogP contribution in [0, 0.1) is 6.92 Å². The Morgan fingerprint density at radius 2 is 2.00 bits per heavy atom. The molecule has 2 heterocycles. The molecule has 0 aliphatic carbocycles. The molecule has 19 heavy (non-hydrogen) atoms.